The van der Waals surface area contributed by atoms with Gasteiger partial charge in [0.1, 0.15) is 0 Å². The summed E-state index contributed by atoms with van der Waals surface area (Å²) in [5.74, 6) is 0. The fourth-order valence-corrected chi connectivity index (χ4v) is 23.0. The lowest BCUT2D eigenvalue weighted by Crippen LogP contribution is -1.90. The molecule has 0 spiro atoms. The molecule has 0 unspecified atom stereocenters. The quantitative estimate of drug-likeness (QED) is 0.142. The van der Waals surface area contributed by atoms with E-state index in [1.807, 2.05) is 0 Å². The standard InChI is InChI=1S/6C20H14/c2*1-3-7-16-14(6-1)12-19-18(16)10-9-15-11-13-5-2-4-8-17(13)20(15)19;1-3-7-17-13(5-1)9-15-11-20-16(12-19(15)17)10-14-6-2-4-8-18(14)20;1-3-7-17-13(5-1)9-15-11-16-10-14-6-2-4-8-18(14)20(16)12-19(15)17;1-3-7-17-13(5-1)11-15-9-10-16-12-14-6-2-4-8-18(14)20(16)19(15)17;1-3-7-15-13(5-1)11-19-17(15)9-10-18-16-8-4-2-6-14(16)12-20(18)19/h2*1-10H,11-12H2;2*1-8,11-12H,9-10H2;2*1-10H,11-12H2. The van der Waals surface area contributed by atoms with Gasteiger partial charge in [0, 0.05) is 0 Å². The van der Waals surface area contributed by atoms with Crippen molar-refractivity contribution in [2.45, 2.75) is 77.0 Å². The Morgan fingerprint density at radius 3 is 0.558 bits per heavy atom. The van der Waals surface area contributed by atoms with Crippen LogP contribution in [0.25, 0.3) is 134 Å². The van der Waals surface area contributed by atoms with E-state index < -0.39 is 0 Å². The van der Waals surface area contributed by atoms with Gasteiger partial charge in [-0.1, -0.05) is 346 Å². The third-order valence-corrected chi connectivity index (χ3v) is 28.4. The first-order valence-electron chi connectivity index (χ1n) is 43.4. The predicted octanol–water partition coefficient (Wildman–Crippen LogP) is 29.0. The van der Waals surface area contributed by atoms with E-state index in [-0.39, 0.29) is 0 Å². The summed E-state index contributed by atoms with van der Waals surface area (Å²) in [6.07, 6.45) is 13.1. The zero-order valence-corrected chi connectivity index (χ0v) is 67.1. The molecule has 120 heavy (non-hydrogen) atoms. The van der Waals surface area contributed by atoms with Crippen molar-refractivity contribution in [3.63, 3.8) is 0 Å². The van der Waals surface area contributed by atoms with Crippen molar-refractivity contribution in [2.75, 3.05) is 0 Å². The van der Waals surface area contributed by atoms with E-state index in [9.17, 15) is 0 Å². The van der Waals surface area contributed by atoms with Gasteiger partial charge in [0.15, 0.2) is 0 Å². The molecule has 0 aromatic heterocycles. The van der Waals surface area contributed by atoms with Crippen LogP contribution >= 0.6 is 0 Å². The van der Waals surface area contributed by atoms with Gasteiger partial charge in [-0.3, -0.25) is 0 Å². The molecule has 0 nitrogen and oxygen atoms in total. The van der Waals surface area contributed by atoms with Crippen molar-refractivity contribution in [3.05, 3.63) is 498 Å². The van der Waals surface area contributed by atoms with E-state index in [2.05, 4.69) is 364 Å². The fourth-order valence-electron chi connectivity index (χ4n) is 23.0. The molecule has 0 aliphatic heterocycles. The summed E-state index contributed by atoms with van der Waals surface area (Å²) in [4.78, 5) is 0. The Morgan fingerprint density at radius 1 is 0.0917 bits per heavy atom. The summed E-state index contributed by atoms with van der Waals surface area (Å²) >= 11 is 0. The highest BCUT2D eigenvalue weighted by Crippen LogP contribution is 2.54. The summed E-state index contributed by atoms with van der Waals surface area (Å²) in [5.41, 5.74) is 70.6. The van der Waals surface area contributed by atoms with Crippen LogP contribution in [0, 0.1) is 0 Å². The Morgan fingerprint density at radius 2 is 0.267 bits per heavy atom. The molecule has 18 aromatic rings. The summed E-state index contributed by atoms with van der Waals surface area (Å²) < 4.78 is 0. The second-order valence-electron chi connectivity index (χ2n) is 34.8. The molecule has 0 saturated carbocycles. The van der Waals surface area contributed by atoms with Gasteiger partial charge < -0.3 is 0 Å². The van der Waals surface area contributed by atoms with Gasteiger partial charge >= 0.3 is 0 Å². The van der Waals surface area contributed by atoms with Crippen LogP contribution in [0.3, 0.4) is 0 Å². The van der Waals surface area contributed by atoms with E-state index >= 15 is 0 Å². The Balaban J connectivity index is 0.0000000798. The fraction of sp³-hybridized carbons (Fsp3) is 0.100. The maximum absolute atomic E-state index is 2.44. The first kappa shape index (κ1) is 69.1. The number of hydrogen-bond acceptors (Lipinski definition) is 0. The van der Waals surface area contributed by atoms with Crippen LogP contribution in [0.5, 0.6) is 0 Å². The van der Waals surface area contributed by atoms with Gasteiger partial charge in [-0.2, -0.15) is 0 Å². The molecule has 0 heterocycles. The molecule has 30 rings (SSSR count). The van der Waals surface area contributed by atoms with Crippen molar-refractivity contribution in [1.29, 1.82) is 0 Å². The molecule has 12 aliphatic carbocycles. The Kier molecular flexibility index (Phi) is 16.0. The lowest BCUT2D eigenvalue weighted by Gasteiger charge is -2.10. The molecular formula is C120H84. The van der Waals surface area contributed by atoms with E-state index in [1.54, 1.807) is 11.1 Å². The zero-order chi connectivity index (χ0) is 78.6. The molecule has 0 atom stereocenters. The van der Waals surface area contributed by atoms with Crippen LogP contribution in [-0.2, 0) is 77.0 Å². The number of benzene rings is 18. The minimum Gasteiger partial charge on any atom is -0.0619 e. The summed E-state index contributed by atoms with van der Waals surface area (Å²) in [7, 11) is 0. The van der Waals surface area contributed by atoms with Gasteiger partial charge in [0.05, 0.1) is 0 Å². The smallest absolute Gasteiger partial charge is 0.000718 e. The number of rotatable bonds is 0. The highest BCUT2D eigenvalue weighted by molar-refractivity contribution is 5.97. The van der Waals surface area contributed by atoms with Crippen LogP contribution in [0.4, 0.5) is 0 Å². The second-order valence-corrected chi connectivity index (χ2v) is 34.8. The molecular weight excluding hydrogens is 1440 g/mol. The van der Waals surface area contributed by atoms with Gasteiger partial charge in [0.2, 0.25) is 0 Å². The number of hydrogen-bond donors (Lipinski definition) is 0. The SMILES string of the molecule is c1ccc2c(c1)Cc1c-2ccc2c1-c1ccccc1C2.c1ccc2c(c1)Cc1c-2ccc2c1-c1ccccc1C2.c1ccc2c(c1)Cc1c-2ccc2c1Cc1ccccc1-2.c1ccc2c(c1)Cc1cc3c(cc1-2)-c1ccccc1C3.c1ccc2c(c1)Cc1cc3c(cc1-2)Cc1ccccc1-3.c1ccc2c(c1)Cc1ccc3c(c1-2)-c1ccccc1C3. The summed E-state index contributed by atoms with van der Waals surface area (Å²) in [6.45, 7) is 0. The third-order valence-electron chi connectivity index (χ3n) is 28.4. The Bertz CT molecular complexity index is 6940. The molecule has 18 aromatic carbocycles. The molecule has 0 saturated heterocycles. The van der Waals surface area contributed by atoms with Crippen molar-refractivity contribution in [1.82, 2.24) is 0 Å². The van der Waals surface area contributed by atoms with Crippen molar-refractivity contribution in [3.8, 4) is 134 Å². The van der Waals surface area contributed by atoms with Crippen molar-refractivity contribution in [2.24, 2.45) is 0 Å². The lowest BCUT2D eigenvalue weighted by atomic mass is 9.94. The first-order chi connectivity index (χ1) is 59.5. The zero-order valence-electron chi connectivity index (χ0n) is 67.1. The van der Waals surface area contributed by atoms with Gasteiger partial charge in [-0.25, -0.2) is 0 Å². The van der Waals surface area contributed by atoms with E-state index in [0.717, 1.165) is 77.0 Å². The van der Waals surface area contributed by atoms with Crippen LogP contribution in [0.1, 0.15) is 134 Å². The monoisotopic (exact) mass is 1520 g/mol. The molecule has 0 radical (unpaired) electrons. The largest absolute Gasteiger partial charge is 0.0619 e. The molecule has 12 aliphatic rings. The predicted molar refractivity (Wildman–Crippen MR) is 498 cm³/mol. The van der Waals surface area contributed by atoms with Crippen LogP contribution < -0.4 is 0 Å². The topological polar surface area (TPSA) is 0 Å². The van der Waals surface area contributed by atoms with Crippen LogP contribution in [-0.4, -0.2) is 0 Å². The van der Waals surface area contributed by atoms with E-state index in [0.29, 0.717) is 0 Å². The molecule has 564 valence electrons. The second kappa shape index (κ2) is 27.8. The van der Waals surface area contributed by atoms with Gasteiger partial charge in [0.25, 0.3) is 0 Å². The molecule has 0 bridgehead atoms. The lowest BCUT2D eigenvalue weighted by molar-refractivity contribution is 1.16. The molecule has 0 amide bonds. The maximum atomic E-state index is 2.44. The maximum Gasteiger partial charge on any atom is -0.000718 e. The van der Waals surface area contributed by atoms with Crippen LogP contribution in [0.15, 0.2) is 364 Å². The average Bonchev–Trinajstić information content (AvgIpc) is 1.54. The van der Waals surface area contributed by atoms with Crippen molar-refractivity contribution < 1.29 is 0 Å². The molecule has 0 heteroatoms. The molecule has 0 N–H and O–H groups in total. The normalized spacial score (nSPS) is 13.6. The number of fused-ring (bicyclic) bond motifs is 40. The van der Waals surface area contributed by atoms with Gasteiger partial charge in [-0.15, -0.1) is 0 Å². The van der Waals surface area contributed by atoms with E-state index in [1.165, 1.54) is 256 Å². The highest BCUT2D eigenvalue weighted by Gasteiger charge is 2.34. The van der Waals surface area contributed by atoms with Gasteiger partial charge in [-0.05, 0) is 362 Å². The Labute approximate surface area is 703 Å². The summed E-state index contributed by atoms with van der Waals surface area (Å²) in [5, 5.41) is 0. The molecule has 0 fully saturated rings. The first-order valence-corrected chi connectivity index (χ1v) is 43.4. The minimum absolute atomic E-state index is 1.08. The minimum atomic E-state index is 1.08. The average molecular weight is 1530 g/mol. The van der Waals surface area contributed by atoms with Crippen molar-refractivity contribution >= 4 is 0 Å². The summed E-state index contributed by atoms with van der Waals surface area (Å²) in [6, 6.07) is 134. The third kappa shape index (κ3) is 11.2. The van der Waals surface area contributed by atoms with E-state index in [4.69, 9.17) is 0 Å². The van der Waals surface area contributed by atoms with Crippen LogP contribution in [0.2, 0.25) is 0 Å². The Hall–Kier alpha value is -14.0. The highest BCUT2D eigenvalue weighted by atomic mass is 14.4.